The van der Waals surface area contributed by atoms with Crippen molar-refractivity contribution in [2.45, 2.75) is 24.5 Å². The fourth-order valence-electron chi connectivity index (χ4n) is 2.32. The molecule has 1 aliphatic rings. The zero-order chi connectivity index (χ0) is 11.7. The number of aliphatic hydroxyl groups is 1. The van der Waals surface area contributed by atoms with Gasteiger partial charge in [0.15, 0.2) is 9.84 Å². The third kappa shape index (κ3) is 1.84. The van der Waals surface area contributed by atoms with Crippen molar-refractivity contribution in [2.24, 2.45) is 11.7 Å². The van der Waals surface area contributed by atoms with Crippen LogP contribution in [0.2, 0.25) is 0 Å². The van der Waals surface area contributed by atoms with Crippen LogP contribution >= 0.6 is 0 Å². The van der Waals surface area contributed by atoms with Crippen LogP contribution in [0.1, 0.15) is 19.8 Å². The smallest absolute Gasteiger partial charge is 0.160 e. The molecule has 1 fully saturated rings. The molecule has 0 unspecified atom stereocenters. The van der Waals surface area contributed by atoms with E-state index in [1.165, 1.54) is 0 Å². The normalized spacial score (nSPS) is 32.2. The van der Waals surface area contributed by atoms with Crippen molar-refractivity contribution < 1.29 is 13.5 Å². The molecule has 0 bridgehead atoms. The summed E-state index contributed by atoms with van der Waals surface area (Å²) in [5, 5.41) is 9.07. The van der Waals surface area contributed by atoms with Crippen LogP contribution < -0.4 is 5.73 Å². The molecule has 0 amide bonds. The lowest BCUT2D eigenvalue weighted by molar-refractivity contribution is 0.228. The summed E-state index contributed by atoms with van der Waals surface area (Å²) in [7, 11) is -3.24. The topological polar surface area (TPSA) is 80.4 Å². The van der Waals surface area contributed by atoms with Crippen LogP contribution in [0.5, 0.6) is 0 Å². The summed E-state index contributed by atoms with van der Waals surface area (Å²) in [6, 6.07) is 0. The Morgan fingerprint density at radius 1 is 1.67 bits per heavy atom. The van der Waals surface area contributed by atoms with Gasteiger partial charge in [0.1, 0.15) is 4.75 Å². The second-order valence-corrected chi connectivity index (χ2v) is 6.75. The standard InChI is InChI=1S/C10H19NO3S/c1-3-15(13,14)10(7-11)5-9(6-12)4-8(10)2/h9,12H,2-7,11H2,1H3/t9-,10-/m1/s1. The monoisotopic (exact) mass is 233 g/mol. The van der Waals surface area contributed by atoms with Crippen molar-refractivity contribution in [1.29, 1.82) is 0 Å². The Kier molecular flexibility index (Phi) is 3.58. The van der Waals surface area contributed by atoms with Crippen LogP contribution in [0.25, 0.3) is 0 Å². The van der Waals surface area contributed by atoms with Crippen molar-refractivity contribution in [2.75, 3.05) is 18.9 Å². The zero-order valence-corrected chi connectivity index (χ0v) is 9.89. The van der Waals surface area contributed by atoms with Gasteiger partial charge in [-0.05, 0) is 18.8 Å². The highest BCUT2D eigenvalue weighted by Crippen LogP contribution is 2.43. The van der Waals surface area contributed by atoms with Crippen LogP contribution in [-0.2, 0) is 9.84 Å². The van der Waals surface area contributed by atoms with Crippen molar-refractivity contribution in [3.05, 3.63) is 12.2 Å². The number of aliphatic hydroxyl groups excluding tert-OH is 1. The van der Waals surface area contributed by atoms with E-state index in [1.54, 1.807) is 6.92 Å². The average Bonchev–Trinajstić information content (AvgIpc) is 2.56. The van der Waals surface area contributed by atoms with Gasteiger partial charge in [0.05, 0.1) is 0 Å². The first kappa shape index (κ1) is 12.7. The fraction of sp³-hybridized carbons (Fsp3) is 0.800. The fourth-order valence-corrected chi connectivity index (χ4v) is 4.14. The van der Waals surface area contributed by atoms with E-state index in [4.69, 9.17) is 10.8 Å². The molecule has 1 rings (SSSR count). The predicted molar refractivity (Wildman–Crippen MR) is 60.2 cm³/mol. The van der Waals surface area contributed by atoms with Crippen LogP contribution in [-0.4, -0.2) is 37.2 Å². The Morgan fingerprint density at radius 3 is 2.60 bits per heavy atom. The summed E-state index contributed by atoms with van der Waals surface area (Å²) >= 11 is 0. The number of sulfone groups is 1. The lowest BCUT2D eigenvalue weighted by atomic mass is 10.0. The zero-order valence-electron chi connectivity index (χ0n) is 9.07. The van der Waals surface area contributed by atoms with Gasteiger partial charge < -0.3 is 10.8 Å². The summed E-state index contributed by atoms with van der Waals surface area (Å²) in [5.41, 5.74) is 6.27. The second-order valence-electron chi connectivity index (χ2n) is 4.16. The van der Waals surface area contributed by atoms with E-state index in [0.717, 1.165) is 0 Å². The van der Waals surface area contributed by atoms with Crippen LogP contribution in [0.4, 0.5) is 0 Å². The van der Waals surface area contributed by atoms with Gasteiger partial charge in [-0.15, -0.1) is 0 Å². The molecule has 0 saturated heterocycles. The lowest BCUT2D eigenvalue weighted by Crippen LogP contribution is -2.45. The van der Waals surface area contributed by atoms with Crippen molar-refractivity contribution >= 4 is 9.84 Å². The van der Waals surface area contributed by atoms with E-state index in [9.17, 15) is 8.42 Å². The van der Waals surface area contributed by atoms with Gasteiger partial charge in [-0.1, -0.05) is 19.1 Å². The third-order valence-electron chi connectivity index (χ3n) is 3.36. The highest BCUT2D eigenvalue weighted by molar-refractivity contribution is 7.93. The van der Waals surface area contributed by atoms with Gasteiger partial charge in [0.25, 0.3) is 0 Å². The summed E-state index contributed by atoms with van der Waals surface area (Å²) in [4.78, 5) is 0. The molecule has 0 aromatic heterocycles. The van der Waals surface area contributed by atoms with E-state index >= 15 is 0 Å². The van der Waals surface area contributed by atoms with E-state index < -0.39 is 14.6 Å². The van der Waals surface area contributed by atoms with Gasteiger partial charge in [0.2, 0.25) is 0 Å². The maximum absolute atomic E-state index is 12.0. The molecule has 0 spiro atoms. The molecule has 5 heteroatoms. The number of hydrogen-bond donors (Lipinski definition) is 2. The summed E-state index contributed by atoms with van der Waals surface area (Å²) in [5.74, 6) is 0.0591. The van der Waals surface area contributed by atoms with E-state index in [2.05, 4.69) is 6.58 Å². The second kappa shape index (κ2) is 4.23. The van der Waals surface area contributed by atoms with Crippen LogP contribution in [0.3, 0.4) is 0 Å². The molecular weight excluding hydrogens is 214 g/mol. The Labute approximate surface area is 91.1 Å². The first-order valence-electron chi connectivity index (χ1n) is 5.15. The summed E-state index contributed by atoms with van der Waals surface area (Å²) in [6.45, 7) is 5.51. The van der Waals surface area contributed by atoms with Crippen molar-refractivity contribution in [3.8, 4) is 0 Å². The summed E-state index contributed by atoms with van der Waals surface area (Å²) < 4.78 is 23.0. The first-order chi connectivity index (χ1) is 6.93. The van der Waals surface area contributed by atoms with Crippen molar-refractivity contribution in [3.63, 3.8) is 0 Å². The molecule has 0 aromatic rings. The van der Waals surface area contributed by atoms with Gasteiger partial charge in [-0.2, -0.15) is 0 Å². The minimum Gasteiger partial charge on any atom is -0.396 e. The molecule has 0 radical (unpaired) electrons. The molecule has 0 heterocycles. The molecule has 2 atom stereocenters. The Morgan fingerprint density at radius 2 is 2.27 bits per heavy atom. The molecule has 88 valence electrons. The van der Waals surface area contributed by atoms with Gasteiger partial charge in [-0.25, -0.2) is 8.42 Å². The average molecular weight is 233 g/mol. The molecule has 0 aromatic carbocycles. The van der Waals surface area contributed by atoms with Crippen molar-refractivity contribution in [1.82, 2.24) is 0 Å². The maximum atomic E-state index is 12.0. The number of hydrogen-bond acceptors (Lipinski definition) is 4. The quantitative estimate of drug-likeness (QED) is 0.674. The molecule has 1 aliphatic carbocycles. The predicted octanol–water partition coefficient (Wildman–Crippen LogP) is 0.0771. The summed E-state index contributed by atoms with van der Waals surface area (Å²) in [6.07, 6.45) is 0.974. The van der Waals surface area contributed by atoms with Gasteiger partial charge in [0, 0.05) is 18.9 Å². The van der Waals surface area contributed by atoms with Gasteiger partial charge in [-0.3, -0.25) is 0 Å². The largest absolute Gasteiger partial charge is 0.396 e. The molecular formula is C10H19NO3S. The third-order valence-corrected chi connectivity index (χ3v) is 5.93. The molecule has 3 N–H and O–H groups in total. The Balaban J connectivity index is 3.12. The van der Waals surface area contributed by atoms with Crippen LogP contribution in [0.15, 0.2) is 12.2 Å². The molecule has 15 heavy (non-hydrogen) atoms. The van der Waals surface area contributed by atoms with Crippen LogP contribution in [0, 0.1) is 5.92 Å². The van der Waals surface area contributed by atoms with E-state index in [0.29, 0.717) is 18.4 Å². The molecule has 1 saturated carbocycles. The first-order valence-corrected chi connectivity index (χ1v) is 6.80. The lowest BCUT2D eigenvalue weighted by Gasteiger charge is -2.28. The minimum absolute atomic E-state index is 0.00000425. The Hall–Kier alpha value is -0.390. The van der Waals surface area contributed by atoms with E-state index in [1.807, 2.05) is 0 Å². The highest BCUT2D eigenvalue weighted by atomic mass is 32.2. The maximum Gasteiger partial charge on any atom is 0.160 e. The van der Waals surface area contributed by atoms with E-state index in [-0.39, 0.29) is 24.8 Å². The molecule has 4 nitrogen and oxygen atoms in total. The SMILES string of the molecule is C=C1C[C@@H](CO)C[C@]1(CN)S(=O)(=O)CC. The minimum atomic E-state index is -3.24. The van der Waals surface area contributed by atoms with Gasteiger partial charge >= 0.3 is 0 Å². The Bertz CT molecular complexity index is 350. The highest BCUT2D eigenvalue weighted by Gasteiger charge is 2.49. The number of rotatable bonds is 4. The number of nitrogens with two attached hydrogens (primary N) is 1. The molecule has 0 aliphatic heterocycles.